The van der Waals surface area contributed by atoms with Crippen LogP contribution >= 0.6 is 11.8 Å². The number of nitrogens with zero attached hydrogens (tertiary/aromatic N) is 1. The Hall–Kier alpha value is -2.22. The van der Waals surface area contributed by atoms with Crippen LogP contribution in [0.3, 0.4) is 0 Å². The van der Waals surface area contributed by atoms with Crippen LogP contribution in [0.2, 0.25) is 0 Å². The summed E-state index contributed by atoms with van der Waals surface area (Å²) in [4.78, 5) is 15.7. The van der Waals surface area contributed by atoms with Crippen molar-refractivity contribution in [3.05, 3.63) is 48.2 Å². The SMILES string of the molecule is O=C(CSc1ccc(C(F)(F)F)cn1)Nc1ccc(OC2CCCC2)cc1. The van der Waals surface area contributed by atoms with Gasteiger partial charge in [-0.15, -0.1) is 0 Å². The second kappa shape index (κ2) is 8.65. The summed E-state index contributed by atoms with van der Waals surface area (Å²) < 4.78 is 43.4. The van der Waals surface area contributed by atoms with Crippen LogP contribution in [0.15, 0.2) is 47.6 Å². The van der Waals surface area contributed by atoms with Gasteiger partial charge in [0.2, 0.25) is 5.91 Å². The van der Waals surface area contributed by atoms with Crippen LogP contribution in [0.4, 0.5) is 18.9 Å². The molecule has 0 bridgehead atoms. The Bertz CT molecular complexity index is 758. The monoisotopic (exact) mass is 396 g/mol. The van der Waals surface area contributed by atoms with Crippen molar-refractivity contribution >= 4 is 23.4 Å². The van der Waals surface area contributed by atoms with E-state index in [0.29, 0.717) is 10.7 Å². The molecule has 0 radical (unpaired) electrons. The molecule has 0 aliphatic heterocycles. The highest BCUT2D eigenvalue weighted by Gasteiger charge is 2.30. The van der Waals surface area contributed by atoms with E-state index >= 15 is 0 Å². The number of alkyl halides is 3. The van der Waals surface area contributed by atoms with Crippen molar-refractivity contribution in [2.45, 2.75) is 43.0 Å². The van der Waals surface area contributed by atoms with E-state index in [1.807, 2.05) is 12.1 Å². The first kappa shape index (κ1) is 19.5. The average Bonchev–Trinajstić information content (AvgIpc) is 3.14. The summed E-state index contributed by atoms with van der Waals surface area (Å²) in [6.45, 7) is 0. The lowest BCUT2D eigenvalue weighted by molar-refractivity contribution is -0.137. The van der Waals surface area contributed by atoms with Crippen molar-refractivity contribution in [2.75, 3.05) is 11.1 Å². The zero-order valence-electron chi connectivity index (χ0n) is 14.5. The molecule has 27 heavy (non-hydrogen) atoms. The lowest BCUT2D eigenvalue weighted by atomic mass is 10.2. The summed E-state index contributed by atoms with van der Waals surface area (Å²) >= 11 is 1.08. The first-order valence-electron chi connectivity index (χ1n) is 8.63. The molecule has 0 spiro atoms. The van der Waals surface area contributed by atoms with E-state index in [1.165, 1.54) is 18.9 Å². The minimum Gasteiger partial charge on any atom is -0.490 e. The summed E-state index contributed by atoms with van der Waals surface area (Å²) in [6, 6.07) is 9.38. The van der Waals surface area contributed by atoms with Crippen LogP contribution in [0.1, 0.15) is 31.2 Å². The number of ether oxygens (including phenoxy) is 1. The van der Waals surface area contributed by atoms with Gasteiger partial charge in [-0.25, -0.2) is 4.98 Å². The largest absolute Gasteiger partial charge is 0.490 e. The maximum atomic E-state index is 12.5. The molecular weight excluding hydrogens is 377 g/mol. The van der Waals surface area contributed by atoms with Gasteiger partial charge in [0, 0.05) is 11.9 Å². The van der Waals surface area contributed by atoms with Crippen molar-refractivity contribution in [1.29, 1.82) is 0 Å². The summed E-state index contributed by atoms with van der Waals surface area (Å²) in [5.41, 5.74) is -0.170. The third-order valence-electron chi connectivity index (χ3n) is 4.16. The van der Waals surface area contributed by atoms with Crippen molar-refractivity contribution in [1.82, 2.24) is 4.98 Å². The molecule has 1 amide bonds. The zero-order valence-corrected chi connectivity index (χ0v) is 15.3. The molecule has 8 heteroatoms. The molecule has 1 aliphatic rings. The maximum absolute atomic E-state index is 12.5. The Morgan fingerprint density at radius 3 is 2.44 bits per heavy atom. The van der Waals surface area contributed by atoms with Crippen LogP contribution in [0, 0.1) is 0 Å². The first-order chi connectivity index (χ1) is 12.9. The van der Waals surface area contributed by atoms with E-state index in [2.05, 4.69) is 10.3 Å². The molecular formula is C19H19F3N2O2S. The Kier molecular flexibility index (Phi) is 6.26. The Morgan fingerprint density at radius 1 is 1.15 bits per heavy atom. The maximum Gasteiger partial charge on any atom is 0.417 e. The number of thioether (sulfide) groups is 1. The van der Waals surface area contributed by atoms with Gasteiger partial charge >= 0.3 is 6.18 Å². The fraction of sp³-hybridized carbons (Fsp3) is 0.368. The van der Waals surface area contributed by atoms with Crippen molar-refractivity contribution in [2.24, 2.45) is 0 Å². The molecule has 1 N–H and O–H groups in total. The molecule has 1 saturated carbocycles. The van der Waals surface area contributed by atoms with Crippen molar-refractivity contribution < 1.29 is 22.7 Å². The number of aromatic nitrogens is 1. The lowest BCUT2D eigenvalue weighted by Crippen LogP contribution is -2.14. The van der Waals surface area contributed by atoms with Gasteiger partial charge in [-0.1, -0.05) is 11.8 Å². The third kappa shape index (κ3) is 5.89. The van der Waals surface area contributed by atoms with E-state index in [-0.39, 0.29) is 17.8 Å². The number of carbonyl (C=O) groups excluding carboxylic acids is 1. The minimum absolute atomic E-state index is 0.0543. The number of anilines is 1. The zero-order chi connectivity index (χ0) is 19.3. The minimum atomic E-state index is -4.42. The molecule has 1 fully saturated rings. The molecule has 1 heterocycles. The normalized spacial score (nSPS) is 14.9. The van der Waals surface area contributed by atoms with Gasteiger partial charge in [-0.2, -0.15) is 13.2 Å². The summed E-state index contributed by atoms with van der Waals surface area (Å²) in [5, 5.41) is 3.11. The average molecular weight is 396 g/mol. The van der Waals surface area contributed by atoms with Crippen LogP contribution in [0.25, 0.3) is 0 Å². The fourth-order valence-electron chi connectivity index (χ4n) is 2.79. The van der Waals surface area contributed by atoms with Crippen molar-refractivity contribution in [3.63, 3.8) is 0 Å². The summed E-state index contributed by atoms with van der Waals surface area (Å²) in [5.74, 6) is 0.577. The van der Waals surface area contributed by atoms with E-state index in [1.54, 1.807) is 12.1 Å². The number of hydrogen-bond acceptors (Lipinski definition) is 4. The van der Waals surface area contributed by atoms with Crippen molar-refractivity contribution in [3.8, 4) is 5.75 Å². The van der Waals surface area contributed by atoms with Crippen LogP contribution in [-0.4, -0.2) is 22.7 Å². The highest BCUT2D eigenvalue weighted by Crippen LogP contribution is 2.29. The van der Waals surface area contributed by atoms with E-state index in [9.17, 15) is 18.0 Å². The summed E-state index contributed by atoms with van der Waals surface area (Å²) in [6.07, 6.45) is 1.18. The predicted molar refractivity (Wildman–Crippen MR) is 97.9 cm³/mol. The number of nitrogens with one attached hydrogen (secondary N) is 1. The smallest absolute Gasteiger partial charge is 0.417 e. The molecule has 2 aromatic rings. The lowest BCUT2D eigenvalue weighted by Gasteiger charge is -2.13. The molecule has 1 aliphatic carbocycles. The molecule has 0 atom stereocenters. The van der Waals surface area contributed by atoms with E-state index in [4.69, 9.17) is 4.74 Å². The number of amides is 1. The standard InChI is InChI=1S/C19H19F3N2O2S/c20-19(21,22)13-5-10-18(23-11-13)27-12-17(25)24-14-6-8-16(9-7-14)26-15-3-1-2-4-15/h5-11,15H,1-4,12H2,(H,24,25). The molecule has 0 saturated heterocycles. The Balaban J connectivity index is 1.46. The van der Waals surface area contributed by atoms with Crippen LogP contribution in [0.5, 0.6) is 5.75 Å². The highest BCUT2D eigenvalue weighted by atomic mass is 32.2. The number of carbonyl (C=O) groups is 1. The number of rotatable bonds is 6. The second-order valence-corrected chi connectivity index (χ2v) is 7.26. The van der Waals surface area contributed by atoms with Crippen LogP contribution in [-0.2, 0) is 11.0 Å². The molecule has 0 unspecified atom stereocenters. The topological polar surface area (TPSA) is 51.2 Å². The van der Waals surface area contributed by atoms with Gasteiger partial charge in [0.05, 0.1) is 22.4 Å². The predicted octanol–water partition coefficient (Wildman–Crippen LogP) is 5.15. The van der Waals surface area contributed by atoms with Gasteiger partial charge in [0.15, 0.2) is 0 Å². The number of hydrogen-bond donors (Lipinski definition) is 1. The van der Waals surface area contributed by atoms with Gasteiger partial charge in [0.25, 0.3) is 0 Å². The summed E-state index contributed by atoms with van der Waals surface area (Å²) in [7, 11) is 0. The van der Waals surface area contributed by atoms with E-state index in [0.717, 1.165) is 42.6 Å². The number of pyridine rings is 1. The highest BCUT2D eigenvalue weighted by molar-refractivity contribution is 7.99. The molecule has 1 aromatic carbocycles. The number of halogens is 3. The molecule has 4 nitrogen and oxygen atoms in total. The van der Waals surface area contributed by atoms with Gasteiger partial charge < -0.3 is 10.1 Å². The van der Waals surface area contributed by atoms with Gasteiger partial charge in [-0.05, 0) is 62.1 Å². The fourth-order valence-corrected chi connectivity index (χ4v) is 3.43. The Morgan fingerprint density at radius 2 is 1.85 bits per heavy atom. The second-order valence-electron chi connectivity index (χ2n) is 6.27. The quantitative estimate of drug-likeness (QED) is 0.686. The third-order valence-corrected chi connectivity index (χ3v) is 5.10. The van der Waals surface area contributed by atoms with E-state index < -0.39 is 11.7 Å². The molecule has 1 aromatic heterocycles. The van der Waals surface area contributed by atoms with Gasteiger partial charge in [-0.3, -0.25) is 4.79 Å². The first-order valence-corrected chi connectivity index (χ1v) is 9.61. The number of benzene rings is 1. The molecule has 3 rings (SSSR count). The van der Waals surface area contributed by atoms with Gasteiger partial charge in [0.1, 0.15) is 5.75 Å². The molecule has 144 valence electrons. The van der Waals surface area contributed by atoms with Crippen LogP contribution < -0.4 is 10.1 Å². The Labute approximate surface area is 159 Å².